The third-order valence-electron chi connectivity index (χ3n) is 2.34. The van der Waals surface area contributed by atoms with Gasteiger partial charge < -0.3 is 4.74 Å². The molecule has 1 nitrogen and oxygen atoms in total. The first-order valence-corrected chi connectivity index (χ1v) is 5.35. The number of ether oxygens (including phenoxy) is 1. The molecule has 1 aromatic rings. The Bertz CT molecular complexity index is 273. The fourth-order valence-electron chi connectivity index (χ4n) is 1.43. The Morgan fingerprint density at radius 3 is 2.71 bits per heavy atom. The molecule has 0 bridgehead atoms. The highest BCUT2D eigenvalue weighted by Gasteiger charge is 2.06. The van der Waals surface area contributed by atoms with Gasteiger partial charge in [-0.1, -0.05) is 24.3 Å². The maximum absolute atomic E-state index is 6.19. The molecule has 0 spiro atoms. The van der Waals surface area contributed by atoms with E-state index in [9.17, 15) is 0 Å². The van der Waals surface area contributed by atoms with E-state index in [1.165, 1.54) is 11.1 Å². The number of benzene rings is 1. The molecule has 0 aromatic heterocycles. The molecule has 14 heavy (non-hydrogen) atoms. The maximum Gasteiger partial charge on any atom is 0.0476 e. The minimum absolute atomic E-state index is 0.177. The highest BCUT2D eigenvalue weighted by atomic mass is 35.5. The largest absolute Gasteiger partial charge is 0.385 e. The smallest absolute Gasteiger partial charge is 0.0476 e. The van der Waals surface area contributed by atoms with E-state index in [4.69, 9.17) is 16.3 Å². The average molecular weight is 213 g/mol. The second-order valence-electron chi connectivity index (χ2n) is 3.51. The van der Waals surface area contributed by atoms with E-state index in [0.717, 1.165) is 19.4 Å². The summed E-state index contributed by atoms with van der Waals surface area (Å²) in [5.74, 6) is 0. The Balaban J connectivity index is 2.47. The third-order valence-corrected chi connectivity index (χ3v) is 2.71. The van der Waals surface area contributed by atoms with Crippen LogP contribution in [0.25, 0.3) is 0 Å². The second kappa shape index (κ2) is 6.05. The standard InChI is InChI=1S/C12H17ClO/c1-10-5-3-4-6-11(10)9-12(13)7-8-14-2/h3-6,12H,7-9H2,1-2H3. The molecule has 1 aromatic carbocycles. The molecule has 0 aliphatic heterocycles. The quantitative estimate of drug-likeness (QED) is 0.682. The lowest BCUT2D eigenvalue weighted by Gasteiger charge is -2.10. The highest BCUT2D eigenvalue weighted by Crippen LogP contribution is 2.14. The summed E-state index contributed by atoms with van der Waals surface area (Å²) in [5, 5.41) is 0.177. The van der Waals surface area contributed by atoms with Gasteiger partial charge in [0.15, 0.2) is 0 Å². The van der Waals surface area contributed by atoms with Crippen molar-refractivity contribution >= 4 is 11.6 Å². The number of hydrogen-bond acceptors (Lipinski definition) is 1. The van der Waals surface area contributed by atoms with Crippen LogP contribution >= 0.6 is 11.6 Å². The predicted molar refractivity (Wildman–Crippen MR) is 61.0 cm³/mol. The first-order chi connectivity index (χ1) is 6.74. The molecular weight excluding hydrogens is 196 g/mol. The molecule has 2 heteroatoms. The minimum Gasteiger partial charge on any atom is -0.385 e. The second-order valence-corrected chi connectivity index (χ2v) is 4.13. The highest BCUT2D eigenvalue weighted by molar-refractivity contribution is 6.20. The van der Waals surface area contributed by atoms with Crippen LogP contribution in [0.5, 0.6) is 0 Å². The molecule has 78 valence electrons. The molecule has 0 amide bonds. The van der Waals surface area contributed by atoms with Gasteiger partial charge in [0.2, 0.25) is 0 Å². The predicted octanol–water partition coefficient (Wildman–Crippen LogP) is 3.18. The van der Waals surface area contributed by atoms with Crippen LogP contribution in [0, 0.1) is 6.92 Å². The van der Waals surface area contributed by atoms with Crippen molar-refractivity contribution in [1.82, 2.24) is 0 Å². The van der Waals surface area contributed by atoms with Gasteiger partial charge in [0.1, 0.15) is 0 Å². The van der Waals surface area contributed by atoms with Crippen LogP contribution in [0.4, 0.5) is 0 Å². The molecule has 0 aliphatic carbocycles. The number of hydrogen-bond donors (Lipinski definition) is 0. The normalized spacial score (nSPS) is 12.8. The van der Waals surface area contributed by atoms with E-state index >= 15 is 0 Å². The molecule has 1 atom stereocenters. The zero-order valence-electron chi connectivity index (χ0n) is 8.79. The lowest BCUT2D eigenvalue weighted by Crippen LogP contribution is -2.07. The van der Waals surface area contributed by atoms with Gasteiger partial charge in [-0.05, 0) is 30.9 Å². The van der Waals surface area contributed by atoms with Gasteiger partial charge in [-0.3, -0.25) is 0 Å². The lowest BCUT2D eigenvalue weighted by molar-refractivity contribution is 0.194. The fraction of sp³-hybridized carbons (Fsp3) is 0.500. The molecule has 0 fully saturated rings. The summed E-state index contributed by atoms with van der Waals surface area (Å²) in [5.41, 5.74) is 2.65. The van der Waals surface area contributed by atoms with E-state index in [1.54, 1.807) is 7.11 Å². The SMILES string of the molecule is COCCC(Cl)Cc1ccccc1C. The van der Waals surface area contributed by atoms with Crippen molar-refractivity contribution in [3.05, 3.63) is 35.4 Å². The van der Waals surface area contributed by atoms with Crippen molar-refractivity contribution in [1.29, 1.82) is 0 Å². The molecule has 1 unspecified atom stereocenters. The Morgan fingerprint density at radius 2 is 2.07 bits per heavy atom. The van der Waals surface area contributed by atoms with Crippen LogP contribution in [-0.4, -0.2) is 19.1 Å². The molecular formula is C12H17ClO. The van der Waals surface area contributed by atoms with Crippen molar-refractivity contribution in [2.45, 2.75) is 25.1 Å². The summed E-state index contributed by atoms with van der Waals surface area (Å²) in [6.07, 6.45) is 1.84. The van der Waals surface area contributed by atoms with Gasteiger partial charge in [0, 0.05) is 19.1 Å². The summed E-state index contributed by atoms with van der Waals surface area (Å²) < 4.78 is 5.00. The Labute approximate surface area is 91.0 Å². The Hall–Kier alpha value is -0.530. The first kappa shape index (κ1) is 11.5. The van der Waals surface area contributed by atoms with Crippen LogP contribution in [0.3, 0.4) is 0 Å². The third kappa shape index (κ3) is 3.69. The van der Waals surface area contributed by atoms with Crippen molar-refractivity contribution in [3.63, 3.8) is 0 Å². The summed E-state index contributed by atoms with van der Waals surface area (Å²) in [7, 11) is 1.71. The number of alkyl halides is 1. The van der Waals surface area contributed by atoms with Gasteiger partial charge in [-0.25, -0.2) is 0 Å². The minimum atomic E-state index is 0.177. The van der Waals surface area contributed by atoms with Crippen molar-refractivity contribution < 1.29 is 4.74 Å². The van der Waals surface area contributed by atoms with Gasteiger partial charge >= 0.3 is 0 Å². The van der Waals surface area contributed by atoms with Crippen LogP contribution in [0.15, 0.2) is 24.3 Å². The fourth-order valence-corrected chi connectivity index (χ4v) is 1.68. The number of aryl methyl sites for hydroxylation is 1. The zero-order valence-corrected chi connectivity index (χ0v) is 9.55. The van der Waals surface area contributed by atoms with E-state index in [-0.39, 0.29) is 5.38 Å². The molecule has 0 N–H and O–H groups in total. The Kier molecular flexibility index (Phi) is 4.99. The van der Waals surface area contributed by atoms with Crippen LogP contribution in [-0.2, 0) is 11.2 Å². The monoisotopic (exact) mass is 212 g/mol. The van der Waals surface area contributed by atoms with Gasteiger partial charge in [-0.15, -0.1) is 11.6 Å². The number of rotatable bonds is 5. The van der Waals surface area contributed by atoms with Crippen LogP contribution in [0.2, 0.25) is 0 Å². The molecule has 0 saturated carbocycles. The summed E-state index contributed by atoms with van der Waals surface area (Å²) >= 11 is 6.19. The van der Waals surface area contributed by atoms with E-state index < -0.39 is 0 Å². The Morgan fingerprint density at radius 1 is 1.36 bits per heavy atom. The van der Waals surface area contributed by atoms with E-state index in [2.05, 4.69) is 31.2 Å². The van der Waals surface area contributed by atoms with Crippen LogP contribution in [0.1, 0.15) is 17.5 Å². The molecule has 0 radical (unpaired) electrons. The van der Waals surface area contributed by atoms with Gasteiger partial charge in [0.05, 0.1) is 0 Å². The van der Waals surface area contributed by atoms with E-state index in [0.29, 0.717) is 0 Å². The average Bonchev–Trinajstić information content (AvgIpc) is 2.18. The van der Waals surface area contributed by atoms with Crippen molar-refractivity contribution in [2.24, 2.45) is 0 Å². The molecule has 0 saturated heterocycles. The molecule has 1 rings (SSSR count). The summed E-state index contributed by atoms with van der Waals surface area (Å²) in [4.78, 5) is 0. The summed E-state index contributed by atoms with van der Waals surface area (Å²) in [6.45, 7) is 2.86. The molecule has 0 heterocycles. The first-order valence-electron chi connectivity index (χ1n) is 4.91. The van der Waals surface area contributed by atoms with Crippen LogP contribution < -0.4 is 0 Å². The van der Waals surface area contributed by atoms with E-state index in [1.807, 2.05) is 0 Å². The molecule has 0 aliphatic rings. The van der Waals surface area contributed by atoms with Crippen molar-refractivity contribution in [2.75, 3.05) is 13.7 Å². The zero-order chi connectivity index (χ0) is 10.4. The number of methoxy groups -OCH3 is 1. The number of halogens is 1. The summed E-state index contributed by atoms with van der Waals surface area (Å²) in [6, 6.07) is 8.37. The topological polar surface area (TPSA) is 9.23 Å². The maximum atomic E-state index is 6.19. The van der Waals surface area contributed by atoms with Crippen molar-refractivity contribution in [3.8, 4) is 0 Å². The van der Waals surface area contributed by atoms with Gasteiger partial charge in [-0.2, -0.15) is 0 Å². The van der Waals surface area contributed by atoms with Gasteiger partial charge in [0.25, 0.3) is 0 Å². The lowest BCUT2D eigenvalue weighted by atomic mass is 10.0.